The first-order valence-corrected chi connectivity index (χ1v) is 7.39. The molecule has 0 bridgehead atoms. The van der Waals surface area contributed by atoms with Crippen LogP contribution in [0, 0.1) is 0 Å². The van der Waals surface area contributed by atoms with E-state index < -0.39 is 0 Å². The molecular formula is C15H19N3O3. The van der Waals surface area contributed by atoms with E-state index in [1.807, 2.05) is 6.07 Å². The van der Waals surface area contributed by atoms with Crippen LogP contribution in [0.3, 0.4) is 0 Å². The number of carbonyl (C=O) groups excluding carboxylic acids is 2. The molecule has 0 unspecified atom stereocenters. The van der Waals surface area contributed by atoms with Crippen molar-refractivity contribution in [1.82, 2.24) is 15.6 Å². The summed E-state index contributed by atoms with van der Waals surface area (Å²) in [6.07, 6.45) is 4.77. The molecule has 0 radical (unpaired) electrons. The fraction of sp³-hybridized carbons (Fsp3) is 0.533. The van der Waals surface area contributed by atoms with Crippen molar-refractivity contribution in [2.45, 2.75) is 37.7 Å². The van der Waals surface area contributed by atoms with Gasteiger partial charge in [-0.3, -0.25) is 14.9 Å². The average molecular weight is 289 g/mol. The Morgan fingerprint density at radius 2 is 1.95 bits per heavy atom. The molecule has 0 saturated carbocycles. The SMILES string of the molecule is O=C1CC[C@H](c2ccc(OC3CCNCC3)nc2)C(=O)N1. The molecule has 1 aromatic rings. The summed E-state index contributed by atoms with van der Waals surface area (Å²) in [5.74, 6) is -0.129. The van der Waals surface area contributed by atoms with E-state index in [0.29, 0.717) is 18.7 Å². The number of hydrogen-bond acceptors (Lipinski definition) is 5. The molecule has 2 N–H and O–H groups in total. The highest BCUT2D eigenvalue weighted by molar-refractivity contribution is 6.00. The average Bonchev–Trinajstić information content (AvgIpc) is 2.49. The Hall–Kier alpha value is -1.95. The molecule has 0 aromatic carbocycles. The lowest BCUT2D eigenvalue weighted by Crippen LogP contribution is -2.39. The summed E-state index contributed by atoms with van der Waals surface area (Å²) in [7, 11) is 0. The van der Waals surface area contributed by atoms with Crippen molar-refractivity contribution in [1.29, 1.82) is 0 Å². The normalized spacial score (nSPS) is 23.7. The number of nitrogens with one attached hydrogen (secondary N) is 2. The molecule has 2 fully saturated rings. The number of aromatic nitrogens is 1. The molecule has 112 valence electrons. The van der Waals surface area contributed by atoms with Crippen LogP contribution in [-0.2, 0) is 9.59 Å². The fourth-order valence-corrected chi connectivity index (χ4v) is 2.76. The van der Waals surface area contributed by atoms with Crippen molar-refractivity contribution in [3.8, 4) is 5.88 Å². The largest absolute Gasteiger partial charge is 0.474 e. The quantitative estimate of drug-likeness (QED) is 0.802. The molecule has 0 aliphatic carbocycles. The lowest BCUT2D eigenvalue weighted by atomic mass is 9.92. The lowest BCUT2D eigenvalue weighted by Gasteiger charge is -2.24. The number of imide groups is 1. The van der Waals surface area contributed by atoms with E-state index in [-0.39, 0.29) is 23.8 Å². The minimum atomic E-state index is -0.289. The van der Waals surface area contributed by atoms with Gasteiger partial charge in [0.15, 0.2) is 0 Å². The van der Waals surface area contributed by atoms with E-state index >= 15 is 0 Å². The zero-order valence-electron chi connectivity index (χ0n) is 11.8. The van der Waals surface area contributed by atoms with E-state index in [0.717, 1.165) is 31.5 Å². The molecule has 1 aromatic heterocycles. The number of ether oxygens (including phenoxy) is 1. The standard InChI is InChI=1S/C15H19N3O3/c19-13-3-2-12(15(20)18-13)10-1-4-14(17-9-10)21-11-5-7-16-8-6-11/h1,4,9,11-12,16H,2-3,5-8H2,(H,18,19,20)/t12-/m1/s1. The topological polar surface area (TPSA) is 80.3 Å². The minimum absolute atomic E-state index is 0.199. The van der Waals surface area contributed by atoms with Crippen LogP contribution in [0.5, 0.6) is 5.88 Å². The van der Waals surface area contributed by atoms with Gasteiger partial charge < -0.3 is 10.1 Å². The Morgan fingerprint density at radius 1 is 1.14 bits per heavy atom. The number of hydrogen-bond donors (Lipinski definition) is 2. The predicted molar refractivity (Wildman–Crippen MR) is 75.9 cm³/mol. The van der Waals surface area contributed by atoms with Crippen LogP contribution >= 0.6 is 0 Å². The predicted octanol–water partition coefficient (Wildman–Crippen LogP) is 0.733. The number of nitrogens with zero attached hydrogens (tertiary/aromatic N) is 1. The third-order valence-corrected chi connectivity index (χ3v) is 3.97. The summed E-state index contributed by atoms with van der Waals surface area (Å²) in [4.78, 5) is 27.3. The van der Waals surface area contributed by atoms with Gasteiger partial charge in [0.1, 0.15) is 6.10 Å². The third kappa shape index (κ3) is 3.39. The summed E-state index contributed by atoms with van der Waals surface area (Å²) in [6, 6.07) is 3.67. The summed E-state index contributed by atoms with van der Waals surface area (Å²) in [6.45, 7) is 1.94. The van der Waals surface area contributed by atoms with Crippen LogP contribution in [0.4, 0.5) is 0 Å². The molecule has 21 heavy (non-hydrogen) atoms. The Labute approximate surface area is 123 Å². The first-order chi connectivity index (χ1) is 10.2. The van der Waals surface area contributed by atoms with Gasteiger partial charge in [-0.1, -0.05) is 6.07 Å². The van der Waals surface area contributed by atoms with Gasteiger partial charge in [0.25, 0.3) is 0 Å². The van der Waals surface area contributed by atoms with Gasteiger partial charge in [0.05, 0.1) is 5.92 Å². The Bertz CT molecular complexity index is 523. The molecule has 2 saturated heterocycles. The van der Waals surface area contributed by atoms with Crippen LogP contribution in [0.25, 0.3) is 0 Å². The number of piperidine rings is 2. The second-order valence-electron chi connectivity index (χ2n) is 5.50. The number of rotatable bonds is 3. The highest BCUT2D eigenvalue weighted by atomic mass is 16.5. The van der Waals surface area contributed by atoms with E-state index in [4.69, 9.17) is 4.74 Å². The maximum atomic E-state index is 11.8. The van der Waals surface area contributed by atoms with Gasteiger partial charge in [-0.15, -0.1) is 0 Å². The molecule has 0 spiro atoms. The van der Waals surface area contributed by atoms with Gasteiger partial charge in [0, 0.05) is 18.7 Å². The molecule has 6 nitrogen and oxygen atoms in total. The molecule has 2 aliphatic heterocycles. The molecule has 3 heterocycles. The van der Waals surface area contributed by atoms with Gasteiger partial charge in [-0.2, -0.15) is 0 Å². The molecular weight excluding hydrogens is 270 g/mol. The highest BCUT2D eigenvalue weighted by Gasteiger charge is 2.28. The van der Waals surface area contributed by atoms with E-state index in [1.54, 1.807) is 12.3 Å². The number of amides is 2. The zero-order valence-corrected chi connectivity index (χ0v) is 11.8. The summed E-state index contributed by atoms with van der Waals surface area (Å²) in [5.41, 5.74) is 0.831. The molecule has 3 rings (SSSR count). The monoisotopic (exact) mass is 289 g/mol. The number of pyridine rings is 1. The highest BCUT2D eigenvalue weighted by Crippen LogP contribution is 2.25. The Kier molecular flexibility index (Phi) is 4.15. The maximum absolute atomic E-state index is 11.8. The summed E-state index contributed by atoms with van der Waals surface area (Å²) in [5, 5.41) is 5.65. The lowest BCUT2D eigenvalue weighted by molar-refractivity contribution is -0.134. The minimum Gasteiger partial charge on any atom is -0.474 e. The van der Waals surface area contributed by atoms with Crippen LogP contribution in [-0.4, -0.2) is 36.0 Å². The van der Waals surface area contributed by atoms with Crippen molar-refractivity contribution in [3.63, 3.8) is 0 Å². The van der Waals surface area contributed by atoms with Crippen LogP contribution in [0.2, 0.25) is 0 Å². The van der Waals surface area contributed by atoms with Gasteiger partial charge in [-0.05, 0) is 37.9 Å². The Morgan fingerprint density at radius 3 is 2.62 bits per heavy atom. The second-order valence-corrected chi connectivity index (χ2v) is 5.50. The van der Waals surface area contributed by atoms with Crippen molar-refractivity contribution < 1.29 is 14.3 Å². The molecule has 2 amide bonds. The number of carbonyl (C=O) groups is 2. The van der Waals surface area contributed by atoms with E-state index in [1.165, 1.54) is 0 Å². The molecule has 6 heteroatoms. The second kappa shape index (κ2) is 6.22. The van der Waals surface area contributed by atoms with Gasteiger partial charge in [0.2, 0.25) is 17.7 Å². The van der Waals surface area contributed by atoms with Crippen LogP contribution in [0.1, 0.15) is 37.2 Å². The first kappa shape index (κ1) is 14.0. The van der Waals surface area contributed by atoms with E-state index in [9.17, 15) is 9.59 Å². The van der Waals surface area contributed by atoms with Crippen molar-refractivity contribution in [2.24, 2.45) is 0 Å². The van der Waals surface area contributed by atoms with Gasteiger partial charge in [-0.25, -0.2) is 4.98 Å². The van der Waals surface area contributed by atoms with Crippen LogP contribution < -0.4 is 15.4 Å². The Balaban J connectivity index is 1.63. The van der Waals surface area contributed by atoms with Crippen molar-refractivity contribution in [2.75, 3.05) is 13.1 Å². The van der Waals surface area contributed by atoms with Crippen molar-refractivity contribution in [3.05, 3.63) is 23.9 Å². The van der Waals surface area contributed by atoms with Gasteiger partial charge >= 0.3 is 0 Å². The van der Waals surface area contributed by atoms with E-state index in [2.05, 4.69) is 15.6 Å². The third-order valence-electron chi connectivity index (χ3n) is 3.97. The molecule has 2 aliphatic rings. The first-order valence-electron chi connectivity index (χ1n) is 7.39. The van der Waals surface area contributed by atoms with Crippen molar-refractivity contribution >= 4 is 11.8 Å². The fourth-order valence-electron chi connectivity index (χ4n) is 2.76. The molecule has 1 atom stereocenters. The maximum Gasteiger partial charge on any atom is 0.234 e. The van der Waals surface area contributed by atoms with Crippen LogP contribution in [0.15, 0.2) is 18.3 Å². The smallest absolute Gasteiger partial charge is 0.234 e. The summed E-state index contributed by atoms with van der Waals surface area (Å²) >= 11 is 0. The summed E-state index contributed by atoms with van der Waals surface area (Å²) < 4.78 is 5.84. The zero-order chi connectivity index (χ0) is 14.7.